The van der Waals surface area contributed by atoms with Crippen molar-refractivity contribution in [1.82, 2.24) is 0 Å². The van der Waals surface area contributed by atoms with E-state index in [2.05, 4.69) is 26.1 Å². The van der Waals surface area contributed by atoms with Crippen molar-refractivity contribution >= 4 is 39.0 Å². The fourth-order valence-corrected chi connectivity index (χ4v) is 4.70. The van der Waals surface area contributed by atoms with Crippen LogP contribution in [0.2, 0.25) is 0 Å². The normalized spacial score (nSPS) is 27.6. The van der Waals surface area contributed by atoms with Crippen molar-refractivity contribution in [2.75, 3.05) is 16.8 Å². The number of piperidine rings is 1. The van der Waals surface area contributed by atoms with Crippen molar-refractivity contribution in [3.05, 3.63) is 22.2 Å². The summed E-state index contributed by atoms with van der Waals surface area (Å²) in [5.74, 6) is -0.156. The van der Waals surface area contributed by atoms with Crippen molar-refractivity contribution in [3.8, 4) is 0 Å². The number of nitrogens with one attached hydrogen (secondary N) is 1. The highest BCUT2D eigenvalue weighted by atomic mass is 79.9. The minimum atomic E-state index is -0.522. The molecule has 110 valence electrons. The van der Waals surface area contributed by atoms with Crippen LogP contribution in [0.3, 0.4) is 0 Å². The average molecular weight is 349 g/mol. The molecule has 3 aliphatic rings. The number of nitrogens with zero attached hydrogens (tertiary/aromatic N) is 1. The predicted octanol–water partition coefficient (Wildman–Crippen LogP) is 3.35. The highest BCUT2D eigenvalue weighted by Crippen LogP contribution is 2.43. The van der Waals surface area contributed by atoms with Gasteiger partial charge >= 0.3 is 0 Å². The second-order valence-electron chi connectivity index (χ2n) is 6.23. The van der Waals surface area contributed by atoms with Crippen LogP contribution in [0.25, 0.3) is 0 Å². The number of hydrogen-bond acceptors (Lipinski definition) is 3. The average Bonchev–Trinajstić information content (AvgIpc) is 3.05. The Kier molecular flexibility index (Phi) is 3.06. The Morgan fingerprint density at radius 1 is 1.14 bits per heavy atom. The summed E-state index contributed by atoms with van der Waals surface area (Å²) in [6, 6.07) is 4.37. The van der Waals surface area contributed by atoms with Gasteiger partial charge in [0.2, 0.25) is 0 Å². The molecule has 1 N–H and O–H groups in total. The van der Waals surface area contributed by atoms with Crippen molar-refractivity contribution < 1.29 is 9.59 Å². The number of halogens is 1. The van der Waals surface area contributed by atoms with Crippen LogP contribution in [0.15, 0.2) is 16.6 Å². The summed E-state index contributed by atoms with van der Waals surface area (Å²) in [4.78, 5) is 25.8. The van der Waals surface area contributed by atoms with Gasteiger partial charge in [-0.15, -0.1) is 0 Å². The van der Waals surface area contributed by atoms with E-state index in [9.17, 15) is 9.59 Å². The van der Waals surface area contributed by atoms with E-state index < -0.39 is 11.7 Å². The van der Waals surface area contributed by atoms with Gasteiger partial charge in [0.15, 0.2) is 0 Å². The Bertz CT molecular complexity index is 643. The molecule has 0 spiro atoms. The van der Waals surface area contributed by atoms with Crippen LogP contribution in [0.5, 0.6) is 0 Å². The third-order valence-corrected chi connectivity index (χ3v) is 5.72. The summed E-state index contributed by atoms with van der Waals surface area (Å²) in [5.41, 5.74) is 2.25. The van der Waals surface area contributed by atoms with E-state index in [1.54, 1.807) is 6.07 Å². The number of anilines is 2. The van der Waals surface area contributed by atoms with E-state index in [0.29, 0.717) is 17.3 Å². The molecule has 4 nitrogen and oxygen atoms in total. The van der Waals surface area contributed by atoms with Gasteiger partial charge < -0.3 is 10.2 Å². The van der Waals surface area contributed by atoms with Crippen LogP contribution in [-0.2, 0) is 4.79 Å². The quantitative estimate of drug-likeness (QED) is 0.791. The topological polar surface area (TPSA) is 49.4 Å². The van der Waals surface area contributed by atoms with Crippen LogP contribution in [-0.4, -0.2) is 24.3 Å². The molecule has 2 atom stereocenters. The largest absolute Gasteiger partial charge is 0.367 e. The monoisotopic (exact) mass is 348 g/mol. The number of hydrogen-bond donors (Lipinski definition) is 1. The molecule has 2 aliphatic heterocycles. The van der Waals surface area contributed by atoms with E-state index in [-0.39, 0.29) is 0 Å². The molecule has 2 heterocycles. The first-order valence-corrected chi connectivity index (χ1v) is 8.40. The van der Waals surface area contributed by atoms with Gasteiger partial charge in [0.05, 0.1) is 16.9 Å². The lowest BCUT2D eigenvalue weighted by molar-refractivity contribution is -0.112. The number of ketones is 1. The zero-order valence-electron chi connectivity index (χ0n) is 11.7. The van der Waals surface area contributed by atoms with Gasteiger partial charge in [0, 0.05) is 17.1 Å². The summed E-state index contributed by atoms with van der Waals surface area (Å²) in [6.45, 7) is 1.06. The minimum Gasteiger partial charge on any atom is -0.367 e. The number of carbonyl (C=O) groups is 2. The van der Waals surface area contributed by atoms with E-state index in [1.807, 2.05) is 6.07 Å². The number of carbonyl (C=O) groups excluding carboxylic acids is 2. The molecule has 0 aromatic heterocycles. The molecule has 1 aromatic rings. The summed E-state index contributed by atoms with van der Waals surface area (Å²) in [5, 5.41) is 2.68. The van der Waals surface area contributed by atoms with E-state index in [0.717, 1.165) is 22.6 Å². The molecule has 0 bridgehead atoms. The molecule has 2 fully saturated rings. The molecule has 1 amide bonds. The number of Topliss-reactive ketones (excluding diaryl/α,β-unsaturated/α-hetero) is 1. The van der Waals surface area contributed by atoms with Crippen molar-refractivity contribution in [3.63, 3.8) is 0 Å². The van der Waals surface area contributed by atoms with Gasteiger partial charge in [-0.25, -0.2) is 0 Å². The lowest BCUT2D eigenvalue weighted by Gasteiger charge is -2.40. The smallest absolute Gasteiger partial charge is 0.296 e. The van der Waals surface area contributed by atoms with E-state index in [4.69, 9.17) is 0 Å². The Hall–Kier alpha value is -1.36. The lowest BCUT2D eigenvalue weighted by Crippen LogP contribution is -2.42. The van der Waals surface area contributed by atoms with E-state index in [1.165, 1.54) is 32.1 Å². The molecular weight excluding hydrogens is 332 g/mol. The highest BCUT2D eigenvalue weighted by Gasteiger charge is 2.37. The molecule has 0 radical (unpaired) electrons. The Morgan fingerprint density at radius 3 is 2.81 bits per heavy atom. The van der Waals surface area contributed by atoms with Gasteiger partial charge in [0.25, 0.3) is 11.7 Å². The molecule has 1 aliphatic carbocycles. The number of benzene rings is 1. The second-order valence-corrected chi connectivity index (χ2v) is 7.08. The van der Waals surface area contributed by atoms with Crippen molar-refractivity contribution in [1.29, 1.82) is 0 Å². The molecule has 2 unspecified atom stereocenters. The third kappa shape index (κ3) is 2.01. The summed E-state index contributed by atoms with van der Waals surface area (Å²) in [6.07, 6.45) is 6.44. The first-order valence-electron chi connectivity index (χ1n) is 7.61. The van der Waals surface area contributed by atoms with Gasteiger partial charge in [0.1, 0.15) is 0 Å². The summed E-state index contributed by atoms with van der Waals surface area (Å²) >= 11 is 3.60. The number of amides is 1. The van der Waals surface area contributed by atoms with Gasteiger partial charge in [-0.1, -0.05) is 6.42 Å². The standard InChI is InChI=1S/C16H17BrN2O2/c17-11-7-10-12(18-16(21)15(10)20)8-14(11)19-6-2-4-9-3-1-5-13(9)19/h7-9,13H,1-6H2,(H,18,20,21). The van der Waals surface area contributed by atoms with Crippen LogP contribution >= 0.6 is 15.9 Å². The molecule has 5 heteroatoms. The SMILES string of the molecule is O=C1Nc2cc(N3CCCC4CCCC43)c(Br)cc2C1=O. The molecule has 21 heavy (non-hydrogen) atoms. The molecule has 1 saturated heterocycles. The zero-order chi connectivity index (χ0) is 14.6. The van der Waals surface area contributed by atoms with Crippen LogP contribution in [0, 0.1) is 5.92 Å². The first-order chi connectivity index (χ1) is 10.1. The van der Waals surface area contributed by atoms with Gasteiger partial charge in [-0.05, 0) is 59.7 Å². The van der Waals surface area contributed by atoms with Crippen molar-refractivity contribution in [2.24, 2.45) is 5.92 Å². The maximum absolute atomic E-state index is 11.8. The Labute approximate surface area is 132 Å². The fraction of sp³-hybridized carbons (Fsp3) is 0.500. The lowest BCUT2D eigenvalue weighted by atomic mass is 9.91. The maximum atomic E-state index is 11.8. The third-order valence-electron chi connectivity index (χ3n) is 5.09. The highest BCUT2D eigenvalue weighted by molar-refractivity contribution is 9.10. The van der Waals surface area contributed by atoms with Crippen molar-refractivity contribution in [2.45, 2.75) is 38.1 Å². The van der Waals surface area contributed by atoms with E-state index >= 15 is 0 Å². The molecule has 4 rings (SSSR count). The first kappa shape index (κ1) is 13.3. The van der Waals surface area contributed by atoms with Crippen LogP contribution in [0.4, 0.5) is 11.4 Å². The predicted molar refractivity (Wildman–Crippen MR) is 84.8 cm³/mol. The van der Waals surface area contributed by atoms with Crippen LogP contribution in [0.1, 0.15) is 42.5 Å². The zero-order valence-corrected chi connectivity index (χ0v) is 13.3. The van der Waals surface area contributed by atoms with Crippen LogP contribution < -0.4 is 10.2 Å². The summed E-state index contributed by atoms with van der Waals surface area (Å²) < 4.78 is 0.915. The van der Waals surface area contributed by atoms with Gasteiger partial charge in [-0.2, -0.15) is 0 Å². The number of fused-ring (bicyclic) bond motifs is 2. The van der Waals surface area contributed by atoms with Gasteiger partial charge in [-0.3, -0.25) is 9.59 Å². The number of rotatable bonds is 1. The fourth-order valence-electron chi connectivity index (χ4n) is 4.13. The maximum Gasteiger partial charge on any atom is 0.296 e. The molecular formula is C16H17BrN2O2. The molecule has 1 aromatic carbocycles. The minimum absolute atomic E-state index is 0.436. The summed E-state index contributed by atoms with van der Waals surface area (Å²) in [7, 11) is 0. The second kappa shape index (κ2) is 4.83. The Morgan fingerprint density at radius 2 is 1.95 bits per heavy atom. The molecule has 1 saturated carbocycles. The Balaban J connectivity index is 1.74.